The maximum Gasteiger partial charge on any atom is 0.187 e. The van der Waals surface area contributed by atoms with Gasteiger partial charge >= 0.3 is 0 Å². The minimum atomic E-state index is 0.0488. The zero-order chi connectivity index (χ0) is 12.3. The van der Waals surface area contributed by atoms with Crippen molar-refractivity contribution in [2.24, 2.45) is 0 Å². The highest BCUT2D eigenvalue weighted by atomic mass is 16.5. The summed E-state index contributed by atoms with van der Waals surface area (Å²) in [7, 11) is 3.63. The Balaban J connectivity index is 2.19. The lowest BCUT2D eigenvalue weighted by atomic mass is 10.1. The number of benzene rings is 1. The minimum absolute atomic E-state index is 0.0488. The third-order valence-corrected chi connectivity index (χ3v) is 3.07. The van der Waals surface area contributed by atoms with Gasteiger partial charge in [-0.15, -0.1) is 0 Å². The lowest BCUT2D eigenvalue weighted by Crippen LogP contribution is -2.11. The van der Waals surface area contributed by atoms with Crippen LogP contribution in [0.25, 0.3) is 0 Å². The van der Waals surface area contributed by atoms with E-state index in [1.165, 1.54) is 0 Å². The third kappa shape index (κ3) is 2.67. The molecule has 0 amide bonds. The quantitative estimate of drug-likeness (QED) is 0.591. The molecular formula is C14H17NO2. The van der Waals surface area contributed by atoms with Gasteiger partial charge in [0.15, 0.2) is 5.78 Å². The molecule has 0 bridgehead atoms. The van der Waals surface area contributed by atoms with E-state index < -0.39 is 0 Å². The van der Waals surface area contributed by atoms with Crippen molar-refractivity contribution in [1.82, 2.24) is 4.90 Å². The van der Waals surface area contributed by atoms with Crippen LogP contribution in [-0.4, -0.2) is 31.4 Å². The number of ether oxygens (including phenoxy) is 1. The van der Waals surface area contributed by atoms with Gasteiger partial charge in [-0.25, -0.2) is 0 Å². The Hall–Kier alpha value is -1.77. The molecular weight excluding hydrogens is 214 g/mol. The zero-order valence-corrected chi connectivity index (χ0v) is 10.3. The van der Waals surface area contributed by atoms with Crippen LogP contribution in [-0.2, 0) is 0 Å². The average molecular weight is 231 g/mol. The first-order chi connectivity index (χ1) is 8.20. The first kappa shape index (κ1) is 11.7. The molecule has 3 heteroatoms. The standard InChI is InChI=1S/C14H17NO2/c1-15-8-4-6-12(15)10-14(16)11-5-3-7-13(9-11)17-2/h3,5,7,9-10H,4,6,8H2,1-2H3. The van der Waals surface area contributed by atoms with E-state index in [-0.39, 0.29) is 5.78 Å². The number of ketones is 1. The lowest BCUT2D eigenvalue weighted by molar-refractivity contribution is 0.104. The molecule has 0 radical (unpaired) electrons. The number of likely N-dealkylation sites (tertiary alicyclic amines) is 1. The molecule has 1 aromatic rings. The molecule has 0 aliphatic carbocycles. The summed E-state index contributed by atoms with van der Waals surface area (Å²) in [5.74, 6) is 0.765. The van der Waals surface area contributed by atoms with E-state index >= 15 is 0 Å². The SMILES string of the molecule is COc1cccc(C(=O)C=C2CCCN2C)c1. The number of methoxy groups -OCH3 is 1. The van der Waals surface area contributed by atoms with Crippen LogP contribution in [0.3, 0.4) is 0 Å². The molecule has 0 spiro atoms. The fourth-order valence-electron chi connectivity index (χ4n) is 2.03. The maximum absolute atomic E-state index is 12.1. The van der Waals surface area contributed by atoms with Gasteiger partial charge in [-0.2, -0.15) is 0 Å². The first-order valence-electron chi connectivity index (χ1n) is 5.81. The van der Waals surface area contributed by atoms with E-state index in [4.69, 9.17) is 4.74 Å². The Morgan fingerprint density at radius 2 is 2.29 bits per heavy atom. The van der Waals surface area contributed by atoms with Crippen molar-refractivity contribution in [3.63, 3.8) is 0 Å². The summed E-state index contributed by atoms with van der Waals surface area (Å²) in [6, 6.07) is 7.26. The van der Waals surface area contributed by atoms with Crippen molar-refractivity contribution in [3.8, 4) is 5.75 Å². The first-order valence-corrected chi connectivity index (χ1v) is 5.81. The summed E-state index contributed by atoms with van der Waals surface area (Å²) in [4.78, 5) is 14.2. The van der Waals surface area contributed by atoms with Crippen molar-refractivity contribution in [1.29, 1.82) is 0 Å². The van der Waals surface area contributed by atoms with Crippen LogP contribution in [0.4, 0.5) is 0 Å². The minimum Gasteiger partial charge on any atom is -0.497 e. The van der Waals surface area contributed by atoms with Crippen molar-refractivity contribution >= 4 is 5.78 Å². The summed E-state index contributed by atoms with van der Waals surface area (Å²) in [5.41, 5.74) is 1.80. The van der Waals surface area contributed by atoms with Crippen LogP contribution < -0.4 is 4.74 Å². The van der Waals surface area contributed by atoms with Crippen LogP contribution in [0.5, 0.6) is 5.75 Å². The largest absolute Gasteiger partial charge is 0.497 e. The molecule has 1 fully saturated rings. The van der Waals surface area contributed by atoms with Crippen LogP contribution in [0.2, 0.25) is 0 Å². The molecule has 0 atom stereocenters. The van der Waals surface area contributed by atoms with Crippen LogP contribution in [0.15, 0.2) is 36.0 Å². The zero-order valence-electron chi connectivity index (χ0n) is 10.3. The Labute approximate surface area is 102 Å². The second-order valence-electron chi connectivity index (χ2n) is 4.26. The van der Waals surface area contributed by atoms with E-state index in [1.54, 1.807) is 19.3 Å². The molecule has 0 aromatic heterocycles. The van der Waals surface area contributed by atoms with Crippen molar-refractivity contribution in [2.75, 3.05) is 20.7 Å². The second kappa shape index (κ2) is 5.04. The van der Waals surface area contributed by atoms with Crippen molar-refractivity contribution < 1.29 is 9.53 Å². The average Bonchev–Trinajstić information content (AvgIpc) is 2.75. The predicted octanol–water partition coefficient (Wildman–Crippen LogP) is 2.49. The molecule has 0 unspecified atom stereocenters. The highest BCUT2D eigenvalue weighted by Gasteiger charge is 2.14. The fraction of sp³-hybridized carbons (Fsp3) is 0.357. The number of carbonyl (C=O) groups is 1. The summed E-state index contributed by atoms with van der Waals surface area (Å²) in [6.07, 6.45) is 3.86. The summed E-state index contributed by atoms with van der Waals surface area (Å²) < 4.78 is 5.11. The third-order valence-electron chi connectivity index (χ3n) is 3.07. The molecule has 1 saturated heterocycles. The Morgan fingerprint density at radius 3 is 2.94 bits per heavy atom. The summed E-state index contributed by atoms with van der Waals surface area (Å²) in [6.45, 7) is 1.04. The van der Waals surface area contributed by atoms with Gasteiger partial charge in [0.1, 0.15) is 5.75 Å². The van der Waals surface area contributed by atoms with Gasteiger partial charge < -0.3 is 9.64 Å². The molecule has 3 nitrogen and oxygen atoms in total. The topological polar surface area (TPSA) is 29.5 Å². The van der Waals surface area contributed by atoms with Crippen LogP contribution in [0, 0.1) is 0 Å². The molecule has 1 heterocycles. The molecule has 17 heavy (non-hydrogen) atoms. The smallest absolute Gasteiger partial charge is 0.187 e. The van der Waals surface area contributed by atoms with Gasteiger partial charge in [0.05, 0.1) is 7.11 Å². The van der Waals surface area contributed by atoms with Gasteiger partial charge in [-0.1, -0.05) is 12.1 Å². The number of hydrogen-bond donors (Lipinski definition) is 0. The Morgan fingerprint density at radius 1 is 1.47 bits per heavy atom. The van der Waals surface area contributed by atoms with Crippen molar-refractivity contribution in [2.45, 2.75) is 12.8 Å². The number of carbonyl (C=O) groups excluding carboxylic acids is 1. The number of rotatable bonds is 3. The second-order valence-corrected chi connectivity index (χ2v) is 4.26. The summed E-state index contributed by atoms with van der Waals surface area (Å²) in [5, 5.41) is 0. The van der Waals surface area contributed by atoms with E-state index in [0.29, 0.717) is 11.3 Å². The molecule has 0 saturated carbocycles. The van der Waals surface area contributed by atoms with E-state index in [1.807, 2.05) is 25.2 Å². The van der Waals surface area contributed by atoms with Gasteiger partial charge in [0.25, 0.3) is 0 Å². The number of allylic oxidation sites excluding steroid dienone is 2. The normalized spacial score (nSPS) is 17.5. The number of hydrogen-bond acceptors (Lipinski definition) is 3. The van der Waals surface area contributed by atoms with E-state index in [2.05, 4.69) is 4.90 Å². The van der Waals surface area contributed by atoms with Gasteiger partial charge in [0, 0.05) is 30.9 Å². The highest BCUT2D eigenvalue weighted by Crippen LogP contribution is 2.20. The molecule has 1 aliphatic heterocycles. The van der Waals surface area contributed by atoms with E-state index in [9.17, 15) is 4.79 Å². The summed E-state index contributed by atoms with van der Waals surface area (Å²) >= 11 is 0. The molecule has 1 aliphatic rings. The van der Waals surface area contributed by atoms with Crippen molar-refractivity contribution in [3.05, 3.63) is 41.6 Å². The molecule has 90 valence electrons. The van der Waals surface area contributed by atoms with E-state index in [0.717, 1.165) is 25.1 Å². The molecule has 2 rings (SSSR count). The Kier molecular flexibility index (Phi) is 3.47. The Bertz CT molecular complexity index is 451. The fourth-order valence-corrected chi connectivity index (χ4v) is 2.03. The van der Waals surface area contributed by atoms with Crippen LogP contribution in [0.1, 0.15) is 23.2 Å². The van der Waals surface area contributed by atoms with Gasteiger partial charge in [-0.05, 0) is 25.0 Å². The molecule has 0 N–H and O–H groups in total. The number of nitrogens with zero attached hydrogens (tertiary/aromatic N) is 1. The predicted molar refractivity (Wildman–Crippen MR) is 67.3 cm³/mol. The lowest BCUT2D eigenvalue weighted by Gasteiger charge is -2.11. The molecule has 1 aromatic carbocycles. The van der Waals surface area contributed by atoms with Gasteiger partial charge in [-0.3, -0.25) is 4.79 Å². The highest BCUT2D eigenvalue weighted by molar-refractivity contribution is 6.05. The monoisotopic (exact) mass is 231 g/mol. The van der Waals surface area contributed by atoms with Crippen LogP contribution >= 0.6 is 0 Å². The maximum atomic E-state index is 12.1. The van der Waals surface area contributed by atoms with Gasteiger partial charge in [0.2, 0.25) is 0 Å².